The van der Waals surface area contributed by atoms with Gasteiger partial charge in [-0.1, -0.05) is 54.6 Å². The summed E-state index contributed by atoms with van der Waals surface area (Å²) in [4.78, 5) is 14.7. The number of nitrogens with zero attached hydrogens (tertiary/aromatic N) is 15. The van der Waals surface area contributed by atoms with Gasteiger partial charge in [0.05, 0.1) is 150 Å². The summed E-state index contributed by atoms with van der Waals surface area (Å²) in [6.45, 7) is 10.2. The molecule has 0 fully saturated rings. The second-order valence-electron chi connectivity index (χ2n) is 20.1. The highest BCUT2D eigenvalue weighted by atomic mass is 15.1. The fraction of sp³-hybridized carbons (Fsp3) is 0.0548. The van der Waals surface area contributed by atoms with Crippen LogP contribution in [0.4, 0.5) is 0 Å². The third-order valence-electron chi connectivity index (χ3n) is 14.4. The summed E-state index contributed by atoms with van der Waals surface area (Å²) >= 11 is 0. The van der Waals surface area contributed by atoms with Crippen molar-refractivity contribution >= 4 is 43.6 Å². The van der Waals surface area contributed by atoms with Gasteiger partial charge in [0.25, 0.3) is 0 Å². The Labute approximate surface area is 505 Å². The number of fused-ring (bicyclic) bond motifs is 6. The maximum absolute atomic E-state index is 11.3. The van der Waals surface area contributed by atoms with Crippen molar-refractivity contribution in [3.05, 3.63) is 232 Å². The molecule has 0 spiro atoms. The highest BCUT2D eigenvalue weighted by Crippen LogP contribution is 2.45. The number of rotatable bonds is 7. The maximum Gasteiger partial charge on any atom is 0.167 e. The van der Waals surface area contributed by atoms with Gasteiger partial charge in [0, 0.05) is 28.5 Å². The fourth-order valence-electron chi connectivity index (χ4n) is 11.0. The molecule has 0 unspecified atom stereocenters. The van der Waals surface area contributed by atoms with Gasteiger partial charge in [-0.25, -0.2) is 15.0 Å². The average Bonchev–Trinajstić information content (AvgIpc) is 1.59. The van der Waals surface area contributed by atoms with Crippen LogP contribution in [0, 0.1) is 127 Å². The van der Waals surface area contributed by atoms with Crippen LogP contribution in [0.5, 0.6) is 0 Å². The number of allylic oxidation sites excluding steroid dienone is 1. The Bertz CT molecular complexity index is 4720. The molecule has 15 heteroatoms. The lowest BCUT2D eigenvalue weighted by atomic mass is 9.98. The van der Waals surface area contributed by atoms with Crippen molar-refractivity contribution in [2.24, 2.45) is 0 Å². The summed E-state index contributed by atoms with van der Waals surface area (Å²) in [5.41, 5.74) is 11.8. The van der Waals surface area contributed by atoms with Crippen LogP contribution < -0.4 is 0 Å². The number of benzene rings is 9. The molecule has 12 rings (SSSR count). The van der Waals surface area contributed by atoms with E-state index in [1.54, 1.807) is 86.7 Å². The van der Waals surface area contributed by atoms with Crippen molar-refractivity contribution in [3.8, 4) is 128 Å². The standard InChI is InChI=1S/C68H32N14.C3H6.C2H3N/c1-38-78-39(2)80-68(79-38)67-65(81-61-25-49(53-15-40(29-69)11-41(16-53)30-70)3-7-57(61)58-8-4-50(26-62(58)81)54-17-42(31-71)12-43(18-54)32-72)23-48(37-77)24-66(67)82-63-27-51(55-19-44(33-73)13-45(20-55)34-74)5-9-59(63)60-10-6-52(28-64(60)82)56-21-46(35-75)14-47(22-56)36-76;1-3-2;1-2-3/h3-28H,1-2H3;3H,1H2,2H3;1H3. The average molecular weight is 1130 g/mol. The minimum Gasteiger partial charge on any atom is -0.308 e. The molecule has 12 aromatic rings. The topological polar surface area (TPSA) is 286 Å². The Morgan fingerprint density at radius 3 is 0.761 bits per heavy atom. The van der Waals surface area contributed by atoms with Crippen LogP contribution in [-0.4, -0.2) is 24.1 Å². The monoisotopic (exact) mass is 1130 g/mol. The molecule has 408 valence electrons. The van der Waals surface area contributed by atoms with Crippen molar-refractivity contribution in [3.63, 3.8) is 0 Å². The molecule has 3 aromatic heterocycles. The van der Waals surface area contributed by atoms with Crippen LogP contribution in [0.25, 0.3) is 111 Å². The maximum atomic E-state index is 11.3. The summed E-state index contributed by atoms with van der Waals surface area (Å²) < 4.78 is 4.06. The van der Waals surface area contributed by atoms with Gasteiger partial charge in [0.2, 0.25) is 0 Å². The van der Waals surface area contributed by atoms with E-state index in [0.717, 1.165) is 21.5 Å². The molecule has 0 atom stereocenters. The Morgan fingerprint density at radius 1 is 0.330 bits per heavy atom. The molecule has 0 saturated heterocycles. The van der Waals surface area contributed by atoms with E-state index in [4.69, 9.17) is 15.2 Å². The van der Waals surface area contributed by atoms with E-state index >= 15 is 0 Å². The van der Waals surface area contributed by atoms with Crippen LogP contribution in [0.2, 0.25) is 0 Å². The van der Waals surface area contributed by atoms with E-state index in [1.807, 2.05) is 88.9 Å². The summed E-state index contributed by atoms with van der Waals surface area (Å²) in [6.07, 6.45) is 1.75. The van der Waals surface area contributed by atoms with E-state index < -0.39 is 0 Å². The number of hydrogen-bond acceptors (Lipinski definition) is 13. The zero-order valence-corrected chi connectivity index (χ0v) is 47.5. The number of nitriles is 10. The highest BCUT2D eigenvalue weighted by Gasteiger charge is 2.27. The zero-order chi connectivity index (χ0) is 62.3. The van der Waals surface area contributed by atoms with E-state index in [1.165, 1.54) is 31.2 Å². The minimum absolute atomic E-state index is 0.238. The Kier molecular flexibility index (Phi) is 15.9. The fourth-order valence-corrected chi connectivity index (χ4v) is 11.0. The molecule has 0 bridgehead atoms. The van der Waals surface area contributed by atoms with Gasteiger partial charge in [-0.05, 0) is 174 Å². The first-order valence-electron chi connectivity index (χ1n) is 26.9. The van der Waals surface area contributed by atoms with Gasteiger partial charge in [-0.2, -0.15) is 52.6 Å². The van der Waals surface area contributed by atoms with Gasteiger partial charge in [-0.15, -0.1) is 6.58 Å². The van der Waals surface area contributed by atoms with Gasteiger partial charge in [-0.3, -0.25) is 0 Å². The quantitative estimate of drug-likeness (QED) is 0.134. The largest absolute Gasteiger partial charge is 0.308 e. The van der Waals surface area contributed by atoms with E-state index in [0.29, 0.717) is 140 Å². The van der Waals surface area contributed by atoms with Crippen molar-refractivity contribution < 1.29 is 0 Å². The molecular weight excluding hydrogens is 1090 g/mol. The predicted molar refractivity (Wildman–Crippen MR) is 335 cm³/mol. The van der Waals surface area contributed by atoms with Crippen molar-refractivity contribution in [2.75, 3.05) is 0 Å². The molecule has 15 nitrogen and oxygen atoms in total. The third kappa shape index (κ3) is 10.8. The lowest BCUT2D eigenvalue weighted by Gasteiger charge is -2.20. The van der Waals surface area contributed by atoms with Crippen molar-refractivity contribution in [2.45, 2.75) is 27.7 Å². The number of aryl methyl sites for hydroxylation is 2. The molecule has 0 N–H and O–H groups in total. The lowest BCUT2D eigenvalue weighted by Crippen LogP contribution is -2.08. The van der Waals surface area contributed by atoms with Crippen LogP contribution in [-0.2, 0) is 0 Å². The molecular formula is C73H41N15. The molecule has 0 saturated carbocycles. The molecule has 0 aliphatic rings. The molecule has 0 radical (unpaired) electrons. The van der Waals surface area contributed by atoms with Crippen LogP contribution in [0.3, 0.4) is 0 Å². The molecule has 0 aliphatic heterocycles. The first-order chi connectivity index (χ1) is 42.8. The van der Waals surface area contributed by atoms with Crippen LogP contribution in [0.1, 0.15) is 75.6 Å². The Morgan fingerprint density at radius 2 is 0.545 bits per heavy atom. The van der Waals surface area contributed by atoms with E-state index in [-0.39, 0.29) is 11.4 Å². The zero-order valence-electron chi connectivity index (χ0n) is 47.5. The lowest BCUT2D eigenvalue weighted by molar-refractivity contribution is 0.924. The second kappa shape index (κ2) is 24.4. The third-order valence-corrected chi connectivity index (χ3v) is 14.4. The summed E-state index contributed by atoms with van der Waals surface area (Å²) in [5.74, 6) is 1.08. The van der Waals surface area contributed by atoms with Crippen molar-refractivity contribution in [1.82, 2.24) is 24.1 Å². The number of hydrogen-bond donors (Lipinski definition) is 0. The first kappa shape index (κ1) is 57.5. The molecule has 0 amide bonds. The summed E-state index contributed by atoms with van der Waals surface area (Å²) in [6, 6.07) is 68.6. The molecule has 0 aliphatic carbocycles. The molecule has 9 aromatic carbocycles. The number of aromatic nitrogens is 5. The molecule has 88 heavy (non-hydrogen) atoms. The minimum atomic E-state index is 0.238. The van der Waals surface area contributed by atoms with Gasteiger partial charge >= 0.3 is 0 Å². The van der Waals surface area contributed by atoms with Gasteiger partial charge in [0.1, 0.15) is 11.6 Å². The SMILES string of the molecule is C=CC.CC#N.Cc1nc(C)nc(-c2c(-n3c4cc(-c5cc(C#N)cc(C#N)c5)ccc4c4ccc(-c5cc(C#N)cc(C#N)c5)cc43)cc(C#N)cc2-n2c3cc(-c4cc(C#N)cc(C#N)c4)ccc3c3ccc(-c4cc(C#N)cc(C#N)c4)cc32)n1. The van der Waals surface area contributed by atoms with E-state index in [9.17, 15) is 47.4 Å². The van der Waals surface area contributed by atoms with Crippen LogP contribution >= 0.6 is 0 Å². The van der Waals surface area contributed by atoms with E-state index in [2.05, 4.69) is 66.2 Å². The summed E-state index contributed by atoms with van der Waals surface area (Å²) in [5, 5.41) is 102. The van der Waals surface area contributed by atoms with Crippen molar-refractivity contribution in [1.29, 1.82) is 52.6 Å². The Hall–Kier alpha value is -13.8. The highest BCUT2D eigenvalue weighted by molar-refractivity contribution is 6.14. The van der Waals surface area contributed by atoms with Crippen LogP contribution in [0.15, 0.2) is 170 Å². The normalized spacial score (nSPS) is 10.2. The Balaban J connectivity index is 0.00000137. The van der Waals surface area contributed by atoms with Gasteiger partial charge in [0.15, 0.2) is 5.82 Å². The second-order valence-corrected chi connectivity index (χ2v) is 20.1. The first-order valence-corrected chi connectivity index (χ1v) is 26.9. The predicted octanol–water partition coefficient (Wildman–Crippen LogP) is 15.6. The summed E-state index contributed by atoms with van der Waals surface area (Å²) in [7, 11) is 0. The smallest absolute Gasteiger partial charge is 0.167 e. The van der Waals surface area contributed by atoms with Gasteiger partial charge < -0.3 is 9.13 Å². The molecule has 3 heterocycles.